The van der Waals surface area contributed by atoms with Crippen LogP contribution in [0.1, 0.15) is 16.6 Å². The van der Waals surface area contributed by atoms with Crippen LogP contribution in [-0.2, 0) is 13.8 Å². The number of halogens is 1. The van der Waals surface area contributed by atoms with Gasteiger partial charge < -0.3 is 15.2 Å². The normalized spacial score (nSPS) is 24.2. The second-order valence-electron chi connectivity index (χ2n) is 6.25. The van der Waals surface area contributed by atoms with Crippen LogP contribution in [0.25, 0.3) is 11.2 Å². The van der Waals surface area contributed by atoms with E-state index in [1.165, 1.54) is 0 Å². The van der Waals surface area contributed by atoms with Crippen molar-refractivity contribution in [2.45, 2.75) is 24.6 Å². The summed E-state index contributed by atoms with van der Waals surface area (Å²) in [7, 11) is -3.12. The first kappa shape index (κ1) is 20.3. The van der Waals surface area contributed by atoms with Crippen molar-refractivity contribution >= 4 is 31.1 Å². The lowest BCUT2D eigenvalue weighted by Gasteiger charge is -2.13. The fraction of sp³-hybridized carbons (Fsp3) is 0.312. The summed E-state index contributed by atoms with van der Waals surface area (Å²) in [6, 6.07) is 8.41. The molecule has 1 saturated heterocycles. The Labute approximate surface area is 168 Å². The Balaban J connectivity index is 1.63. The van der Waals surface area contributed by atoms with Gasteiger partial charge in [-0.15, -0.1) is 14.5 Å². The van der Waals surface area contributed by atoms with E-state index < -0.39 is 45.4 Å². The Morgan fingerprint density at radius 3 is 2.80 bits per heavy atom. The molecule has 0 bridgehead atoms. The quantitative estimate of drug-likeness (QED) is 0.469. The summed E-state index contributed by atoms with van der Waals surface area (Å²) in [4.78, 5) is 29.3. The summed E-state index contributed by atoms with van der Waals surface area (Å²) in [6.45, 7) is -0.648. The number of benzene rings is 1. The molecule has 12 nitrogen and oxygen atoms in total. The van der Waals surface area contributed by atoms with E-state index in [-0.39, 0.29) is 17.0 Å². The lowest BCUT2D eigenvalue weighted by Crippen LogP contribution is -2.32. The van der Waals surface area contributed by atoms with Crippen molar-refractivity contribution in [3.8, 4) is 0 Å². The molecule has 14 heteroatoms. The summed E-state index contributed by atoms with van der Waals surface area (Å²) in [5.74, 6) is -0.385. The molecular formula is C16H15FN6O6P+. The van der Waals surface area contributed by atoms with Gasteiger partial charge >= 0.3 is 8.25 Å². The molecular weight excluding hydrogens is 422 g/mol. The number of aliphatic hydroxyl groups is 1. The topological polar surface area (TPSA) is 162 Å². The van der Waals surface area contributed by atoms with Gasteiger partial charge in [0, 0.05) is 10.1 Å². The number of aromatic nitrogens is 5. The van der Waals surface area contributed by atoms with E-state index in [0.29, 0.717) is 5.56 Å². The average Bonchev–Trinajstić information content (AvgIpc) is 3.30. The van der Waals surface area contributed by atoms with Crippen molar-refractivity contribution in [2.75, 3.05) is 11.9 Å². The number of rotatable bonds is 6. The van der Waals surface area contributed by atoms with Crippen molar-refractivity contribution in [1.82, 2.24) is 25.0 Å². The number of hydrogen-bond acceptors (Lipinski definition) is 9. The number of fused-ring (bicyclic) bond motifs is 1. The molecule has 4 rings (SSSR count). The Bertz CT molecular complexity index is 1080. The minimum atomic E-state index is -3.12. The SMILES string of the molecule is O=C(Nc1ncnc2c1nnn2[C@@H]1O[C@H](CO)[C@@H](O[P+](=O)O)[C@@H]1F)c1ccccc1. The predicted molar refractivity (Wildman–Crippen MR) is 98.1 cm³/mol. The minimum Gasteiger partial charge on any atom is -0.394 e. The third-order valence-corrected chi connectivity index (χ3v) is 4.85. The predicted octanol–water partition coefficient (Wildman–Crippen LogP) is 0.736. The van der Waals surface area contributed by atoms with E-state index in [4.69, 9.17) is 9.63 Å². The molecule has 1 aromatic carbocycles. The Hall–Kier alpha value is -2.96. The number of anilines is 1. The zero-order valence-corrected chi connectivity index (χ0v) is 16.0. The Morgan fingerprint density at radius 2 is 2.10 bits per heavy atom. The maximum atomic E-state index is 14.9. The molecule has 3 aromatic rings. The van der Waals surface area contributed by atoms with Gasteiger partial charge in [0.2, 0.25) is 0 Å². The Kier molecular flexibility index (Phi) is 5.70. The number of carbonyl (C=O) groups is 1. The van der Waals surface area contributed by atoms with Crippen LogP contribution in [0.4, 0.5) is 10.2 Å². The highest BCUT2D eigenvalue weighted by Crippen LogP contribution is 2.38. The van der Waals surface area contributed by atoms with E-state index >= 15 is 0 Å². The highest BCUT2D eigenvalue weighted by molar-refractivity contribution is 7.32. The largest absolute Gasteiger partial charge is 0.695 e. The van der Waals surface area contributed by atoms with Crippen molar-refractivity contribution in [3.63, 3.8) is 0 Å². The maximum Gasteiger partial charge on any atom is 0.695 e. The third-order valence-electron chi connectivity index (χ3n) is 4.43. The molecule has 0 saturated carbocycles. The lowest BCUT2D eigenvalue weighted by molar-refractivity contribution is -0.0492. The fourth-order valence-electron chi connectivity index (χ4n) is 3.07. The zero-order chi connectivity index (χ0) is 21.3. The first-order valence-corrected chi connectivity index (χ1v) is 9.78. The van der Waals surface area contributed by atoms with Gasteiger partial charge in [0.15, 0.2) is 35.5 Å². The molecule has 1 amide bonds. The van der Waals surface area contributed by atoms with Gasteiger partial charge in [-0.25, -0.2) is 14.4 Å². The van der Waals surface area contributed by atoms with Gasteiger partial charge in [-0.1, -0.05) is 23.4 Å². The number of hydrogen-bond donors (Lipinski definition) is 3. The summed E-state index contributed by atoms with van der Waals surface area (Å²) < 4.78 is 36.9. The maximum absolute atomic E-state index is 14.9. The number of nitrogens with one attached hydrogen (secondary N) is 1. The van der Waals surface area contributed by atoms with Crippen LogP contribution in [0, 0.1) is 0 Å². The van der Waals surface area contributed by atoms with Crippen molar-refractivity contribution in [3.05, 3.63) is 42.2 Å². The molecule has 30 heavy (non-hydrogen) atoms. The van der Waals surface area contributed by atoms with Gasteiger partial charge in [-0.2, -0.15) is 4.68 Å². The van der Waals surface area contributed by atoms with E-state index in [9.17, 15) is 18.9 Å². The van der Waals surface area contributed by atoms with Crippen LogP contribution in [0.5, 0.6) is 0 Å². The molecule has 1 aliphatic rings. The van der Waals surface area contributed by atoms with Crippen LogP contribution >= 0.6 is 8.25 Å². The molecule has 5 atom stereocenters. The van der Waals surface area contributed by atoms with Crippen LogP contribution in [-0.4, -0.2) is 65.9 Å². The van der Waals surface area contributed by atoms with Gasteiger partial charge in [0.1, 0.15) is 12.4 Å². The summed E-state index contributed by atoms with van der Waals surface area (Å²) >= 11 is 0. The van der Waals surface area contributed by atoms with Gasteiger partial charge in [0.05, 0.1) is 6.61 Å². The zero-order valence-electron chi connectivity index (χ0n) is 15.1. The number of amides is 1. The molecule has 2 aromatic heterocycles. The second kappa shape index (κ2) is 8.42. The number of aliphatic hydroxyl groups excluding tert-OH is 1. The smallest absolute Gasteiger partial charge is 0.394 e. The van der Waals surface area contributed by atoms with E-state index in [2.05, 4.69) is 30.1 Å². The molecule has 0 aliphatic carbocycles. The number of nitrogens with zero attached hydrogens (tertiary/aromatic N) is 5. The number of ether oxygens (including phenoxy) is 1. The van der Waals surface area contributed by atoms with E-state index in [1.54, 1.807) is 30.3 Å². The Morgan fingerprint density at radius 1 is 1.33 bits per heavy atom. The highest BCUT2D eigenvalue weighted by atomic mass is 31.1. The van der Waals surface area contributed by atoms with Gasteiger partial charge in [-0.3, -0.25) is 4.79 Å². The minimum absolute atomic E-state index is 0.0479. The van der Waals surface area contributed by atoms with E-state index in [1.807, 2.05) is 0 Å². The van der Waals surface area contributed by atoms with Crippen molar-refractivity contribution < 1.29 is 33.0 Å². The standard InChI is InChI=1S/C16H14FN6O6P/c17-10-12(29-30(26)27)9(6-24)28-16(10)23-14-11(21-22-23)13(18-7-19-14)20-15(25)8-4-2-1-3-5-8/h1-5,7,9-10,12,16,24H,6H2,(H-,18,19,20,22,25,26,27)/p+1/t9-,10+,12-,16-/m1/s1. The monoisotopic (exact) mass is 437 g/mol. The summed E-state index contributed by atoms with van der Waals surface area (Å²) in [6.07, 6.45) is -4.94. The number of carbonyl (C=O) groups excluding carboxylic acids is 1. The van der Waals surface area contributed by atoms with Crippen LogP contribution < -0.4 is 5.32 Å². The first-order chi connectivity index (χ1) is 14.5. The summed E-state index contributed by atoms with van der Waals surface area (Å²) in [5, 5.41) is 19.7. The molecule has 156 valence electrons. The number of alkyl halides is 1. The molecule has 3 N–H and O–H groups in total. The van der Waals surface area contributed by atoms with Crippen LogP contribution in [0.2, 0.25) is 0 Å². The van der Waals surface area contributed by atoms with Crippen molar-refractivity contribution in [2.24, 2.45) is 0 Å². The molecule has 1 unspecified atom stereocenters. The summed E-state index contributed by atoms with van der Waals surface area (Å²) in [5.41, 5.74) is 0.519. The molecule has 1 aliphatic heterocycles. The lowest BCUT2D eigenvalue weighted by atomic mass is 10.1. The molecule has 1 fully saturated rings. The molecule has 3 heterocycles. The molecule has 0 spiro atoms. The third kappa shape index (κ3) is 3.76. The van der Waals surface area contributed by atoms with Gasteiger partial charge in [-0.05, 0) is 12.1 Å². The second-order valence-corrected chi connectivity index (χ2v) is 6.94. The molecule has 0 radical (unpaired) electrons. The average molecular weight is 437 g/mol. The highest BCUT2D eigenvalue weighted by Gasteiger charge is 2.52. The van der Waals surface area contributed by atoms with Crippen LogP contribution in [0.15, 0.2) is 36.7 Å². The fourth-order valence-corrected chi connectivity index (χ4v) is 3.53. The van der Waals surface area contributed by atoms with E-state index in [0.717, 1.165) is 11.0 Å². The van der Waals surface area contributed by atoms with Crippen molar-refractivity contribution in [1.29, 1.82) is 0 Å². The first-order valence-electron chi connectivity index (χ1n) is 8.65. The van der Waals surface area contributed by atoms with Crippen LogP contribution in [0.3, 0.4) is 0 Å². The van der Waals surface area contributed by atoms with Gasteiger partial charge in [0.25, 0.3) is 5.91 Å².